The van der Waals surface area contributed by atoms with Gasteiger partial charge in [-0.1, -0.05) is 11.3 Å². The molecular formula is C14H12N4O3. The van der Waals surface area contributed by atoms with Crippen molar-refractivity contribution >= 4 is 17.0 Å². The van der Waals surface area contributed by atoms with E-state index in [-0.39, 0.29) is 5.56 Å². The van der Waals surface area contributed by atoms with Gasteiger partial charge in [-0.05, 0) is 23.8 Å². The van der Waals surface area contributed by atoms with Crippen molar-refractivity contribution < 1.29 is 14.6 Å². The molecular weight excluding hydrogens is 272 g/mol. The normalized spacial score (nSPS) is 10.7. The zero-order valence-corrected chi connectivity index (χ0v) is 11.2. The third-order valence-electron chi connectivity index (χ3n) is 3.10. The van der Waals surface area contributed by atoms with Crippen LogP contribution in [0.5, 0.6) is 5.88 Å². The fraction of sp³-hybridized carbons (Fsp3) is 0.143. The van der Waals surface area contributed by atoms with Gasteiger partial charge in [0.15, 0.2) is 0 Å². The average molecular weight is 284 g/mol. The Morgan fingerprint density at radius 2 is 2.19 bits per heavy atom. The van der Waals surface area contributed by atoms with Crippen LogP contribution in [0.4, 0.5) is 0 Å². The predicted molar refractivity (Wildman–Crippen MR) is 74.4 cm³/mol. The van der Waals surface area contributed by atoms with Crippen LogP contribution < -0.4 is 4.74 Å². The first-order valence-electron chi connectivity index (χ1n) is 6.23. The van der Waals surface area contributed by atoms with Crippen molar-refractivity contribution in [1.29, 1.82) is 0 Å². The number of pyridine rings is 1. The summed E-state index contributed by atoms with van der Waals surface area (Å²) in [6, 6.07) is 8.36. The highest BCUT2D eigenvalue weighted by Crippen LogP contribution is 2.15. The van der Waals surface area contributed by atoms with Gasteiger partial charge in [0.2, 0.25) is 5.88 Å². The Kier molecular flexibility index (Phi) is 3.23. The quantitative estimate of drug-likeness (QED) is 0.782. The Balaban J connectivity index is 1.95. The van der Waals surface area contributed by atoms with E-state index in [0.717, 1.165) is 5.56 Å². The third kappa shape index (κ3) is 2.53. The molecule has 2 heterocycles. The van der Waals surface area contributed by atoms with E-state index in [1.807, 2.05) is 6.07 Å². The lowest BCUT2D eigenvalue weighted by atomic mass is 10.2. The molecule has 0 aliphatic carbocycles. The van der Waals surface area contributed by atoms with E-state index >= 15 is 0 Å². The Morgan fingerprint density at radius 1 is 1.33 bits per heavy atom. The van der Waals surface area contributed by atoms with Gasteiger partial charge in [0.05, 0.1) is 24.7 Å². The highest BCUT2D eigenvalue weighted by atomic mass is 16.5. The van der Waals surface area contributed by atoms with Gasteiger partial charge in [-0.2, -0.15) is 0 Å². The van der Waals surface area contributed by atoms with Crippen LogP contribution in [-0.2, 0) is 6.54 Å². The van der Waals surface area contributed by atoms with Crippen LogP contribution in [0.15, 0.2) is 36.5 Å². The van der Waals surface area contributed by atoms with Gasteiger partial charge in [0.1, 0.15) is 5.52 Å². The number of nitrogens with zero attached hydrogens (tertiary/aromatic N) is 4. The Morgan fingerprint density at radius 3 is 2.86 bits per heavy atom. The number of methoxy groups -OCH3 is 1. The van der Waals surface area contributed by atoms with Gasteiger partial charge in [-0.25, -0.2) is 14.5 Å². The average Bonchev–Trinajstić information content (AvgIpc) is 2.90. The highest BCUT2D eigenvalue weighted by molar-refractivity contribution is 5.92. The van der Waals surface area contributed by atoms with Crippen LogP contribution in [0, 0.1) is 0 Å². The first-order valence-corrected chi connectivity index (χ1v) is 6.23. The topological polar surface area (TPSA) is 90.1 Å². The molecule has 7 heteroatoms. The maximum Gasteiger partial charge on any atom is 0.335 e. The molecule has 0 bridgehead atoms. The highest BCUT2D eigenvalue weighted by Gasteiger charge is 2.09. The summed E-state index contributed by atoms with van der Waals surface area (Å²) >= 11 is 0. The molecule has 0 aliphatic rings. The summed E-state index contributed by atoms with van der Waals surface area (Å²) in [6.45, 7) is 0.455. The molecule has 7 nitrogen and oxygen atoms in total. The largest absolute Gasteiger partial charge is 0.481 e. The summed E-state index contributed by atoms with van der Waals surface area (Å²) < 4.78 is 6.65. The summed E-state index contributed by atoms with van der Waals surface area (Å²) in [6.07, 6.45) is 1.69. The van der Waals surface area contributed by atoms with E-state index in [9.17, 15) is 4.79 Å². The number of carboxylic acid groups (broad SMARTS) is 1. The molecule has 3 rings (SSSR count). The maximum absolute atomic E-state index is 11.0. The number of ether oxygens (including phenoxy) is 1. The van der Waals surface area contributed by atoms with E-state index in [1.54, 1.807) is 36.2 Å². The zero-order chi connectivity index (χ0) is 14.8. The molecule has 1 N–H and O–H groups in total. The molecule has 0 atom stereocenters. The molecule has 0 saturated carbocycles. The second-order valence-corrected chi connectivity index (χ2v) is 4.46. The fourth-order valence-electron chi connectivity index (χ4n) is 2.01. The van der Waals surface area contributed by atoms with E-state index in [0.29, 0.717) is 23.5 Å². The second kappa shape index (κ2) is 5.20. The lowest BCUT2D eigenvalue weighted by Gasteiger charge is -2.04. The number of carboxylic acids is 1. The number of benzene rings is 1. The Hall–Kier alpha value is -2.96. The summed E-state index contributed by atoms with van der Waals surface area (Å²) in [5, 5.41) is 17.1. The lowest BCUT2D eigenvalue weighted by molar-refractivity contribution is 0.0697. The van der Waals surface area contributed by atoms with Gasteiger partial charge in [-0.15, -0.1) is 5.10 Å². The van der Waals surface area contributed by atoms with Gasteiger partial charge in [-0.3, -0.25) is 0 Å². The minimum absolute atomic E-state index is 0.207. The van der Waals surface area contributed by atoms with Crippen molar-refractivity contribution in [3.8, 4) is 5.88 Å². The minimum Gasteiger partial charge on any atom is -0.481 e. The van der Waals surface area contributed by atoms with Crippen molar-refractivity contribution in [2.75, 3.05) is 7.11 Å². The van der Waals surface area contributed by atoms with Crippen LogP contribution in [0.1, 0.15) is 15.9 Å². The van der Waals surface area contributed by atoms with Crippen molar-refractivity contribution in [3.63, 3.8) is 0 Å². The Labute approximate surface area is 119 Å². The third-order valence-corrected chi connectivity index (χ3v) is 3.10. The van der Waals surface area contributed by atoms with Crippen LogP contribution in [0.3, 0.4) is 0 Å². The molecule has 21 heavy (non-hydrogen) atoms. The van der Waals surface area contributed by atoms with Crippen molar-refractivity contribution in [2.24, 2.45) is 0 Å². The van der Waals surface area contributed by atoms with Gasteiger partial charge >= 0.3 is 5.97 Å². The molecule has 106 valence electrons. The minimum atomic E-state index is -0.976. The van der Waals surface area contributed by atoms with E-state index in [2.05, 4.69) is 15.3 Å². The van der Waals surface area contributed by atoms with Crippen LogP contribution >= 0.6 is 0 Å². The summed E-state index contributed by atoms with van der Waals surface area (Å²) in [5.41, 5.74) is 2.45. The van der Waals surface area contributed by atoms with E-state index in [1.165, 1.54) is 6.07 Å². The molecule has 0 unspecified atom stereocenters. The van der Waals surface area contributed by atoms with E-state index in [4.69, 9.17) is 9.84 Å². The molecule has 2 aromatic heterocycles. The molecule has 0 radical (unpaired) electrons. The number of hydrogen-bond acceptors (Lipinski definition) is 5. The van der Waals surface area contributed by atoms with Crippen LogP contribution in [-0.4, -0.2) is 38.2 Å². The molecule has 0 fully saturated rings. The van der Waals surface area contributed by atoms with Gasteiger partial charge in [0.25, 0.3) is 0 Å². The summed E-state index contributed by atoms with van der Waals surface area (Å²) in [4.78, 5) is 15.2. The first kappa shape index (κ1) is 13.0. The van der Waals surface area contributed by atoms with Crippen molar-refractivity contribution in [2.45, 2.75) is 6.54 Å². The van der Waals surface area contributed by atoms with Crippen molar-refractivity contribution in [3.05, 3.63) is 47.7 Å². The standard InChI is InChI=1S/C14H12N4O3/c1-21-13-5-2-9(7-15-13)8-18-12-6-10(14(19)20)3-4-11(12)16-17-18/h2-7H,8H2,1H3,(H,19,20). The predicted octanol–water partition coefficient (Wildman–Crippen LogP) is 1.58. The lowest BCUT2D eigenvalue weighted by Crippen LogP contribution is -2.03. The van der Waals surface area contributed by atoms with Crippen molar-refractivity contribution in [1.82, 2.24) is 20.0 Å². The maximum atomic E-state index is 11.0. The van der Waals surface area contributed by atoms with Crippen LogP contribution in [0.25, 0.3) is 11.0 Å². The second-order valence-electron chi connectivity index (χ2n) is 4.46. The van der Waals surface area contributed by atoms with Crippen LogP contribution in [0.2, 0.25) is 0 Å². The number of fused-ring (bicyclic) bond motifs is 1. The van der Waals surface area contributed by atoms with Gasteiger partial charge < -0.3 is 9.84 Å². The summed E-state index contributed by atoms with van der Waals surface area (Å²) in [7, 11) is 1.56. The monoisotopic (exact) mass is 284 g/mol. The Bertz CT molecular complexity index is 796. The number of carbonyl (C=O) groups is 1. The molecule has 0 saturated heterocycles. The molecule has 0 aliphatic heterocycles. The molecule has 3 aromatic rings. The number of hydrogen-bond donors (Lipinski definition) is 1. The SMILES string of the molecule is COc1ccc(Cn2nnc3ccc(C(=O)O)cc32)cn1. The fourth-order valence-corrected chi connectivity index (χ4v) is 2.01. The summed E-state index contributed by atoms with van der Waals surface area (Å²) in [5.74, 6) is -0.439. The molecule has 0 spiro atoms. The molecule has 1 aromatic carbocycles. The smallest absolute Gasteiger partial charge is 0.335 e. The zero-order valence-electron chi connectivity index (χ0n) is 11.2. The molecule has 0 amide bonds. The van der Waals surface area contributed by atoms with Gasteiger partial charge in [0, 0.05) is 12.3 Å². The van der Waals surface area contributed by atoms with E-state index < -0.39 is 5.97 Å². The number of aromatic carboxylic acids is 1. The number of rotatable bonds is 4. The first-order chi connectivity index (χ1) is 10.2. The number of aromatic nitrogens is 4.